The molecular weight excluding hydrogens is 534 g/mol. The van der Waals surface area contributed by atoms with E-state index in [4.69, 9.17) is 37.9 Å². The number of piperidine rings is 1. The summed E-state index contributed by atoms with van der Waals surface area (Å²) in [6, 6.07) is 6.26. The van der Waals surface area contributed by atoms with Crippen LogP contribution in [0.4, 0.5) is 4.79 Å². The number of nitrogens with zero attached hydrogens (tertiary/aromatic N) is 1. The fourth-order valence-corrected chi connectivity index (χ4v) is 4.83. The third-order valence-corrected chi connectivity index (χ3v) is 6.93. The minimum absolute atomic E-state index is 0.217. The molecule has 0 bridgehead atoms. The minimum Gasteiger partial charge on any atom is -0.493 e. The highest BCUT2D eigenvalue weighted by atomic mass is 16.6. The van der Waals surface area contributed by atoms with Gasteiger partial charge in [0, 0.05) is 18.7 Å². The first-order valence-corrected chi connectivity index (χ1v) is 13.6. The lowest BCUT2D eigenvalue weighted by atomic mass is 10.0. The Morgan fingerprint density at radius 1 is 0.732 bits per heavy atom. The Morgan fingerprint density at radius 2 is 1.29 bits per heavy atom. The second kappa shape index (κ2) is 15.7. The number of carbonyl (C=O) groups excluding carboxylic acids is 2. The Kier molecular flexibility index (Phi) is 12.1. The molecular formula is C30H41NO10. The Labute approximate surface area is 241 Å². The first-order chi connectivity index (χ1) is 19.9. The van der Waals surface area contributed by atoms with Gasteiger partial charge < -0.3 is 37.9 Å². The summed E-state index contributed by atoms with van der Waals surface area (Å²) >= 11 is 0. The minimum atomic E-state index is -0.697. The van der Waals surface area contributed by atoms with Gasteiger partial charge in [0.1, 0.15) is 11.8 Å². The molecule has 0 aromatic heterocycles. The first-order valence-electron chi connectivity index (χ1n) is 13.6. The standard InChI is InChI=1S/C30H41NO10/c1-34-23-16-20(17-24(35-2)27(23)38-5)12-8-7-11-15-40-29(32)22-13-9-10-14-31(22)30(33)41-21-18-25(36-3)28(39-6)26(19-21)37-4/h16-19,22H,7-15H2,1-6H3/t22-/m0/s1. The number of benzene rings is 2. The van der Waals surface area contributed by atoms with E-state index in [2.05, 4.69) is 0 Å². The molecule has 2 aromatic rings. The molecule has 1 saturated heterocycles. The number of likely N-dealkylation sites (tertiary alicyclic amines) is 1. The van der Waals surface area contributed by atoms with Gasteiger partial charge in [-0.3, -0.25) is 4.90 Å². The predicted molar refractivity (Wildman–Crippen MR) is 151 cm³/mol. The molecule has 1 aliphatic rings. The molecule has 0 saturated carbocycles. The first kappa shape index (κ1) is 31.5. The molecule has 3 rings (SSSR count). The number of aryl methyl sites for hydroxylation is 1. The van der Waals surface area contributed by atoms with E-state index < -0.39 is 18.1 Å². The molecule has 1 heterocycles. The highest BCUT2D eigenvalue weighted by molar-refractivity contribution is 5.82. The third kappa shape index (κ3) is 8.02. The molecule has 11 nitrogen and oxygen atoms in total. The lowest BCUT2D eigenvalue weighted by Gasteiger charge is -2.33. The fourth-order valence-electron chi connectivity index (χ4n) is 4.83. The van der Waals surface area contributed by atoms with Crippen molar-refractivity contribution in [3.63, 3.8) is 0 Å². The highest BCUT2D eigenvalue weighted by Gasteiger charge is 2.35. The van der Waals surface area contributed by atoms with Crippen molar-refractivity contribution in [1.29, 1.82) is 0 Å². The lowest BCUT2D eigenvalue weighted by molar-refractivity contribution is -0.150. The van der Waals surface area contributed by atoms with Gasteiger partial charge in [0.15, 0.2) is 23.0 Å². The number of rotatable bonds is 14. The van der Waals surface area contributed by atoms with Gasteiger partial charge in [-0.1, -0.05) is 0 Å². The monoisotopic (exact) mass is 575 g/mol. The van der Waals surface area contributed by atoms with Gasteiger partial charge in [-0.2, -0.15) is 0 Å². The van der Waals surface area contributed by atoms with Crippen LogP contribution in [-0.2, 0) is 16.0 Å². The van der Waals surface area contributed by atoms with Gasteiger partial charge >= 0.3 is 12.1 Å². The summed E-state index contributed by atoms with van der Waals surface area (Å²) in [7, 11) is 9.21. The van der Waals surface area contributed by atoms with E-state index in [-0.39, 0.29) is 12.4 Å². The van der Waals surface area contributed by atoms with E-state index in [0.717, 1.165) is 37.7 Å². The van der Waals surface area contributed by atoms with Gasteiger partial charge in [0.2, 0.25) is 11.5 Å². The van der Waals surface area contributed by atoms with E-state index in [1.54, 1.807) is 21.3 Å². The van der Waals surface area contributed by atoms with Crippen LogP contribution in [0, 0.1) is 0 Å². The molecule has 1 aliphatic heterocycles. The van der Waals surface area contributed by atoms with Crippen LogP contribution in [0.5, 0.6) is 40.2 Å². The van der Waals surface area contributed by atoms with Gasteiger partial charge in [-0.25, -0.2) is 9.59 Å². The van der Waals surface area contributed by atoms with Crippen molar-refractivity contribution in [2.75, 3.05) is 55.8 Å². The smallest absolute Gasteiger partial charge is 0.415 e. The summed E-state index contributed by atoms with van der Waals surface area (Å²) in [4.78, 5) is 27.4. The summed E-state index contributed by atoms with van der Waals surface area (Å²) in [5.74, 6) is 2.70. The normalized spacial score (nSPS) is 14.6. The number of ether oxygens (including phenoxy) is 8. The molecule has 1 atom stereocenters. The van der Waals surface area contributed by atoms with Crippen molar-refractivity contribution in [2.45, 2.75) is 51.0 Å². The van der Waals surface area contributed by atoms with Crippen molar-refractivity contribution in [3.05, 3.63) is 29.8 Å². The second-order valence-corrected chi connectivity index (χ2v) is 9.45. The Morgan fingerprint density at radius 3 is 1.83 bits per heavy atom. The molecule has 1 fully saturated rings. The van der Waals surface area contributed by atoms with Gasteiger partial charge in [-0.15, -0.1) is 0 Å². The van der Waals surface area contributed by atoms with Crippen molar-refractivity contribution >= 4 is 12.1 Å². The summed E-state index contributed by atoms with van der Waals surface area (Å²) in [5.41, 5.74) is 1.07. The zero-order valence-corrected chi connectivity index (χ0v) is 24.8. The molecule has 0 N–H and O–H groups in total. The molecule has 2 aromatic carbocycles. The summed E-state index contributed by atoms with van der Waals surface area (Å²) in [6.07, 6.45) is 4.76. The third-order valence-electron chi connectivity index (χ3n) is 6.93. The quantitative estimate of drug-likeness (QED) is 0.224. The number of amides is 1. The Balaban J connectivity index is 1.51. The number of unbranched alkanes of at least 4 members (excludes halogenated alkanes) is 2. The van der Waals surface area contributed by atoms with Crippen LogP contribution in [0.15, 0.2) is 24.3 Å². The van der Waals surface area contributed by atoms with E-state index in [0.29, 0.717) is 53.9 Å². The SMILES string of the molecule is COc1cc(CCCCCOC(=O)[C@@H]2CCCCN2C(=O)Oc2cc(OC)c(OC)c(OC)c2)cc(OC)c1OC. The topological polar surface area (TPSA) is 111 Å². The van der Waals surface area contributed by atoms with Crippen molar-refractivity contribution in [2.24, 2.45) is 0 Å². The molecule has 41 heavy (non-hydrogen) atoms. The summed E-state index contributed by atoms with van der Waals surface area (Å²) in [5, 5.41) is 0. The van der Waals surface area contributed by atoms with E-state index in [9.17, 15) is 9.59 Å². The molecule has 0 radical (unpaired) electrons. The van der Waals surface area contributed by atoms with Crippen LogP contribution in [0.3, 0.4) is 0 Å². The number of hydrogen-bond donors (Lipinski definition) is 0. The van der Waals surface area contributed by atoms with Crippen molar-refractivity contribution in [1.82, 2.24) is 4.90 Å². The maximum absolute atomic E-state index is 13.1. The largest absolute Gasteiger partial charge is 0.493 e. The molecule has 0 unspecified atom stereocenters. The van der Waals surface area contributed by atoms with Crippen molar-refractivity contribution < 1.29 is 47.5 Å². The number of carbonyl (C=O) groups is 2. The van der Waals surface area contributed by atoms with E-state index in [1.165, 1.54) is 38.4 Å². The van der Waals surface area contributed by atoms with Crippen LogP contribution in [0.1, 0.15) is 44.1 Å². The maximum Gasteiger partial charge on any atom is 0.415 e. The van der Waals surface area contributed by atoms with Gasteiger partial charge in [0.25, 0.3) is 0 Å². The average molecular weight is 576 g/mol. The molecule has 11 heteroatoms. The fraction of sp³-hybridized carbons (Fsp3) is 0.533. The second-order valence-electron chi connectivity index (χ2n) is 9.45. The van der Waals surface area contributed by atoms with Crippen molar-refractivity contribution in [3.8, 4) is 40.2 Å². The summed E-state index contributed by atoms with van der Waals surface area (Å²) in [6.45, 7) is 0.679. The number of methoxy groups -OCH3 is 6. The van der Waals surface area contributed by atoms with Crippen LogP contribution >= 0.6 is 0 Å². The van der Waals surface area contributed by atoms with Gasteiger partial charge in [-0.05, 0) is 62.6 Å². The zero-order valence-electron chi connectivity index (χ0n) is 24.8. The molecule has 0 aliphatic carbocycles. The number of esters is 1. The molecule has 0 spiro atoms. The maximum atomic E-state index is 13.1. The summed E-state index contributed by atoms with van der Waals surface area (Å²) < 4.78 is 43.4. The molecule has 1 amide bonds. The number of hydrogen-bond acceptors (Lipinski definition) is 10. The average Bonchev–Trinajstić information content (AvgIpc) is 3.01. The molecule has 226 valence electrons. The predicted octanol–water partition coefficient (Wildman–Crippen LogP) is 5.05. The highest BCUT2D eigenvalue weighted by Crippen LogP contribution is 2.41. The Bertz CT molecular complexity index is 1120. The van der Waals surface area contributed by atoms with Crippen LogP contribution < -0.4 is 33.2 Å². The Hall–Kier alpha value is -4.02. The van der Waals surface area contributed by atoms with E-state index >= 15 is 0 Å². The zero-order chi connectivity index (χ0) is 29.8. The van der Waals surface area contributed by atoms with Crippen LogP contribution in [-0.4, -0.2) is 78.8 Å². The lowest BCUT2D eigenvalue weighted by Crippen LogP contribution is -2.49. The van der Waals surface area contributed by atoms with Crippen LogP contribution in [0.2, 0.25) is 0 Å². The van der Waals surface area contributed by atoms with Crippen LogP contribution in [0.25, 0.3) is 0 Å². The van der Waals surface area contributed by atoms with Gasteiger partial charge in [0.05, 0.1) is 49.3 Å². The van der Waals surface area contributed by atoms with E-state index in [1.807, 2.05) is 12.1 Å².